The first-order chi connectivity index (χ1) is 7.62. The van der Waals surface area contributed by atoms with E-state index >= 15 is 0 Å². The van der Waals surface area contributed by atoms with Crippen LogP contribution in [0.5, 0.6) is 0 Å². The molecule has 16 heavy (non-hydrogen) atoms. The van der Waals surface area contributed by atoms with Gasteiger partial charge in [0.2, 0.25) is 0 Å². The van der Waals surface area contributed by atoms with Crippen molar-refractivity contribution in [3.8, 4) is 0 Å². The molecule has 1 heterocycles. The fraction of sp³-hybridized carbons (Fsp3) is 1.00. The summed E-state index contributed by atoms with van der Waals surface area (Å²) in [4.78, 5) is 0. The molecular weight excluding hydrogens is 196 g/mol. The van der Waals surface area contributed by atoms with E-state index in [4.69, 9.17) is 0 Å². The third kappa shape index (κ3) is 3.21. The summed E-state index contributed by atoms with van der Waals surface area (Å²) in [5.41, 5.74) is 1.14. The van der Waals surface area contributed by atoms with Crippen LogP contribution in [-0.2, 0) is 0 Å². The number of hydrogen-bond donors (Lipinski definition) is 2. The van der Waals surface area contributed by atoms with Gasteiger partial charge in [-0.1, -0.05) is 26.7 Å². The van der Waals surface area contributed by atoms with Crippen molar-refractivity contribution >= 4 is 0 Å². The van der Waals surface area contributed by atoms with Crippen LogP contribution in [-0.4, -0.2) is 26.2 Å². The van der Waals surface area contributed by atoms with E-state index in [0.717, 1.165) is 0 Å². The Morgan fingerprint density at radius 2 is 1.38 bits per heavy atom. The maximum absolute atomic E-state index is 3.75. The van der Waals surface area contributed by atoms with Gasteiger partial charge in [0.05, 0.1) is 0 Å². The molecule has 1 aliphatic carbocycles. The van der Waals surface area contributed by atoms with Crippen molar-refractivity contribution in [2.24, 2.45) is 10.8 Å². The first-order valence-corrected chi connectivity index (χ1v) is 7.04. The van der Waals surface area contributed by atoms with Crippen molar-refractivity contribution in [2.75, 3.05) is 26.2 Å². The van der Waals surface area contributed by atoms with Gasteiger partial charge in [-0.25, -0.2) is 0 Å². The summed E-state index contributed by atoms with van der Waals surface area (Å²) in [5.74, 6) is 0. The van der Waals surface area contributed by atoms with Crippen molar-refractivity contribution in [1.29, 1.82) is 0 Å². The van der Waals surface area contributed by atoms with E-state index < -0.39 is 0 Å². The van der Waals surface area contributed by atoms with Gasteiger partial charge < -0.3 is 10.6 Å². The summed E-state index contributed by atoms with van der Waals surface area (Å²) in [6.45, 7) is 9.75. The van der Waals surface area contributed by atoms with Crippen molar-refractivity contribution in [1.82, 2.24) is 10.6 Å². The SMILES string of the molecule is CC1(CNCC2(C)CCNCC2)CCCC1. The van der Waals surface area contributed by atoms with Crippen LogP contribution >= 0.6 is 0 Å². The smallest absolute Gasteiger partial charge is 0.000634 e. The van der Waals surface area contributed by atoms with Gasteiger partial charge in [0.25, 0.3) is 0 Å². The summed E-state index contributed by atoms with van der Waals surface area (Å²) < 4.78 is 0. The Hall–Kier alpha value is -0.0800. The summed E-state index contributed by atoms with van der Waals surface area (Å²) in [6.07, 6.45) is 8.41. The lowest BCUT2D eigenvalue weighted by Gasteiger charge is -2.35. The summed E-state index contributed by atoms with van der Waals surface area (Å²) >= 11 is 0. The molecule has 0 bridgehead atoms. The van der Waals surface area contributed by atoms with E-state index in [1.54, 1.807) is 0 Å². The maximum Gasteiger partial charge on any atom is 0.000634 e. The zero-order valence-corrected chi connectivity index (χ0v) is 11.1. The average Bonchev–Trinajstić information content (AvgIpc) is 2.66. The molecule has 0 aromatic carbocycles. The Morgan fingerprint density at radius 3 is 1.94 bits per heavy atom. The maximum atomic E-state index is 3.75. The first kappa shape index (κ1) is 12.4. The molecule has 0 aromatic heterocycles. The van der Waals surface area contributed by atoms with Crippen molar-refractivity contribution < 1.29 is 0 Å². The van der Waals surface area contributed by atoms with Gasteiger partial charge in [0, 0.05) is 13.1 Å². The molecule has 1 saturated heterocycles. The van der Waals surface area contributed by atoms with Crippen LogP contribution in [0, 0.1) is 10.8 Å². The van der Waals surface area contributed by atoms with Crippen LogP contribution < -0.4 is 10.6 Å². The molecule has 0 spiro atoms. The average molecular weight is 224 g/mol. The van der Waals surface area contributed by atoms with E-state index in [1.165, 1.54) is 64.7 Å². The lowest BCUT2D eigenvalue weighted by molar-refractivity contribution is 0.204. The lowest BCUT2D eigenvalue weighted by atomic mass is 9.80. The van der Waals surface area contributed by atoms with Gasteiger partial charge in [0.1, 0.15) is 0 Å². The second-order valence-corrected chi connectivity index (χ2v) is 6.68. The van der Waals surface area contributed by atoms with E-state index in [2.05, 4.69) is 24.5 Å². The highest BCUT2D eigenvalue weighted by Crippen LogP contribution is 2.37. The van der Waals surface area contributed by atoms with Gasteiger partial charge >= 0.3 is 0 Å². The van der Waals surface area contributed by atoms with E-state index in [0.29, 0.717) is 10.8 Å². The van der Waals surface area contributed by atoms with Gasteiger partial charge in [-0.05, 0) is 49.6 Å². The molecule has 2 nitrogen and oxygen atoms in total. The predicted molar refractivity (Wildman–Crippen MR) is 69.7 cm³/mol. The van der Waals surface area contributed by atoms with Crippen LogP contribution in [0.3, 0.4) is 0 Å². The molecule has 94 valence electrons. The zero-order valence-electron chi connectivity index (χ0n) is 11.1. The Bertz CT molecular complexity index is 213. The Kier molecular flexibility index (Phi) is 3.91. The number of nitrogens with one attached hydrogen (secondary N) is 2. The molecule has 2 rings (SSSR count). The minimum absolute atomic E-state index is 0.542. The van der Waals surface area contributed by atoms with Gasteiger partial charge in [-0.3, -0.25) is 0 Å². The Morgan fingerprint density at radius 1 is 0.875 bits per heavy atom. The standard InChI is InChI=1S/C14H28N2/c1-13(5-3-4-6-13)11-16-12-14(2)7-9-15-10-8-14/h15-16H,3-12H2,1-2H3. The summed E-state index contributed by atoms with van der Waals surface area (Å²) in [6, 6.07) is 0. The van der Waals surface area contributed by atoms with Gasteiger partial charge in [-0.15, -0.1) is 0 Å². The highest BCUT2D eigenvalue weighted by Gasteiger charge is 2.30. The van der Waals surface area contributed by atoms with E-state index in [9.17, 15) is 0 Å². The molecule has 2 fully saturated rings. The van der Waals surface area contributed by atoms with Crippen LogP contribution in [0.4, 0.5) is 0 Å². The lowest BCUT2D eigenvalue weighted by Crippen LogP contribution is -2.43. The summed E-state index contributed by atoms with van der Waals surface area (Å²) in [7, 11) is 0. The van der Waals surface area contributed by atoms with Crippen molar-refractivity contribution in [3.05, 3.63) is 0 Å². The Labute approximate surface area is 101 Å². The van der Waals surface area contributed by atoms with Crippen LogP contribution in [0.2, 0.25) is 0 Å². The second kappa shape index (κ2) is 5.05. The highest BCUT2D eigenvalue weighted by molar-refractivity contribution is 4.86. The predicted octanol–water partition coefficient (Wildman–Crippen LogP) is 2.55. The zero-order chi connectivity index (χ0) is 11.5. The molecule has 2 N–H and O–H groups in total. The first-order valence-electron chi connectivity index (χ1n) is 7.04. The minimum Gasteiger partial charge on any atom is -0.317 e. The molecule has 2 heteroatoms. The van der Waals surface area contributed by atoms with Crippen LogP contribution in [0.1, 0.15) is 52.4 Å². The molecule has 0 unspecified atom stereocenters. The second-order valence-electron chi connectivity index (χ2n) is 6.68. The normalized spacial score (nSPS) is 28.1. The number of rotatable bonds is 4. The van der Waals surface area contributed by atoms with Gasteiger partial charge in [0.15, 0.2) is 0 Å². The van der Waals surface area contributed by atoms with Crippen LogP contribution in [0.25, 0.3) is 0 Å². The molecule has 0 amide bonds. The quantitative estimate of drug-likeness (QED) is 0.767. The summed E-state index contributed by atoms with van der Waals surface area (Å²) in [5, 5.41) is 7.20. The third-order valence-corrected chi connectivity index (χ3v) is 4.72. The molecule has 2 aliphatic rings. The molecule has 1 aliphatic heterocycles. The van der Waals surface area contributed by atoms with Crippen LogP contribution in [0.15, 0.2) is 0 Å². The third-order valence-electron chi connectivity index (χ3n) is 4.72. The minimum atomic E-state index is 0.542. The number of hydrogen-bond acceptors (Lipinski definition) is 2. The monoisotopic (exact) mass is 224 g/mol. The fourth-order valence-electron chi connectivity index (χ4n) is 3.28. The topological polar surface area (TPSA) is 24.1 Å². The van der Waals surface area contributed by atoms with E-state index in [1.807, 2.05) is 0 Å². The molecule has 0 radical (unpaired) electrons. The molecule has 0 atom stereocenters. The Balaban J connectivity index is 1.70. The fourth-order valence-corrected chi connectivity index (χ4v) is 3.28. The van der Waals surface area contributed by atoms with Crippen molar-refractivity contribution in [2.45, 2.75) is 52.4 Å². The number of piperidine rings is 1. The van der Waals surface area contributed by atoms with Gasteiger partial charge in [-0.2, -0.15) is 0 Å². The molecular formula is C14H28N2. The molecule has 0 aromatic rings. The highest BCUT2D eigenvalue weighted by atomic mass is 14.9. The largest absolute Gasteiger partial charge is 0.317 e. The van der Waals surface area contributed by atoms with E-state index in [-0.39, 0.29) is 0 Å². The van der Waals surface area contributed by atoms with Crippen molar-refractivity contribution in [3.63, 3.8) is 0 Å². The molecule has 1 saturated carbocycles.